The van der Waals surface area contributed by atoms with Gasteiger partial charge in [-0.05, 0) is 123 Å². The molecule has 8 bridgehead atoms. The Hall–Kier alpha value is -5.05. The molecule has 3 aliphatic heterocycles. The number of allylic oxidation sites excluding steroid dienone is 6. The number of hydrogen-bond donors (Lipinski definition) is 2. The molecule has 4 aliphatic rings. The summed E-state index contributed by atoms with van der Waals surface area (Å²) in [6.45, 7) is 26.4. The van der Waals surface area contributed by atoms with E-state index in [-0.39, 0.29) is 36.6 Å². The number of hydrogen-bond acceptors (Lipinski definition) is 7. The Morgan fingerprint density at radius 3 is 2.25 bits per heavy atom. The number of aliphatic imine (C=N–C) groups is 1. The van der Waals surface area contributed by atoms with E-state index in [1.165, 1.54) is 63.2 Å². The first-order valence-electron chi connectivity index (χ1n) is 24.6. The minimum absolute atomic E-state index is 0.0876. The maximum atomic E-state index is 14.5. The summed E-state index contributed by atoms with van der Waals surface area (Å²) in [6.07, 6.45) is 23.0. The number of esters is 2. The second kappa shape index (κ2) is 21.5. The Labute approximate surface area is 389 Å². The number of nitrogens with one attached hydrogen (secondary N) is 2. The molecule has 0 unspecified atom stereocenters. The zero-order chi connectivity index (χ0) is 47.3. The summed E-state index contributed by atoms with van der Waals surface area (Å²) in [5, 5.41) is 16.4. The van der Waals surface area contributed by atoms with Gasteiger partial charge in [0.05, 0.1) is 24.4 Å². The number of nitrogens with zero attached hydrogens (tertiary/aromatic N) is 2. The first-order valence-corrected chi connectivity index (χ1v) is 24.6. The van der Waals surface area contributed by atoms with E-state index >= 15 is 0 Å². The number of aromatic amines is 2. The summed E-state index contributed by atoms with van der Waals surface area (Å²) < 4.78 is 11.2. The second-order valence-corrected chi connectivity index (χ2v) is 20.0. The summed E-state index contributed by atoms with van der Waals surface area (Å²) in [5.74, 6) is -0.343. The van der Waals surface area contributed by atoms with Crippen molar-refractivity contribution in [2.24, 2.45) is 40.5 Å². The predicted octanol–water partition coefficient (Wildman–Crippen LogP) is 10.4. The van der Waals surface area contributed by atoms with Crippen molar-refractivity contribution in [1.29, 1.82) is 0 Å². The van der Waals surface area contributed by atoms with E-state index in [0.29, 0.717) is 29.0 Å². The van der Waals surface area contributed by atoms with Gasteiger partial charge < -0.3 is 29.4 Å². The summed E-state index contributed by atoms with van der Waals surface area (Å²) in [7, 11) is 3.32. The Balaban J connectivity index is 1.23. The van der Waals surface area contributed by atoms with Gasteiger partial charge in [-0.2, -0.15) is 0 Å². The van der Waals surface area contributed by atoms with Crippen LogP contribution < -0.4 is 15.8 Å². The zero-order valence-electron chi connectivity index (χ0n) is 41.7. The van der Waals surface area contributed by atoms with Crippen molar-refractivity contribution >= 4 is 42.0 Å². The Kier molecular flexibility index (Phi) is 16.3. The second-order valence-electron chi connectivity index (χ2n) is 20.0. The summed E-state index contributed by atoms with van der Waals surface area (Å²) in [5.41, 5.74) is 12.3. The van der Waals surface area contributed by atoms with Crippen molar-refractivity contribution in [3.05, 3.63) is 102 Å². The Bertz CT molecular complexity index is 2460. The summed E-state index contributed by atoms with van der Waals surface area (Å²) in [6, 6.07) is 0. The van der Waals surface area contributed by atoms with Crippen LogP contribution in [0.4, 0.5) is 0 Å². The molecule has 0 spiro atoms. The molecule has 1 saturated heterocycles. The fraction of sp³-hybridized carbons (Fsp3) is 0.554. The maximum Gasteiger partial charge on any atom is 0.316 e. The van der Waals surface area contributed by atoms with Crippen molar-refractivity contribution in [2.75, 3.05) is 20.8 Å². The van der Waals surface area contributed by atoms with Crippen LogP contribution in [0.3, 0.4) is 0 Å². The van der Waals surface area contributed by atoms with E-state index in [9.17, 15) is 14.7 Å². The van der Waals surface area contributed by atoms with Gasteiger partial charge >= 0.3 is 11.9 Å². The molecule has 6 rings (SSSR count). The quantitative estimate of drug-likeness (QED) is 0.101. The molecule has 1 fully saturated rings. The highest BCUT2D eigenvalue weighted by atomic mass is 16.5. The maximum absolute atomic E-state index is 14.5. The average Bonchev–Trinajstić information content (AvgIpc) is 3.98. The number of carbonyl (C=O) groups excluding carboxylic acids is 2. The Morgan fingerprint density at radius 1 is 0.923 bits per heavy atom. The fourth-order valence-corrected chi connectivity index (χ4v) is 10.8. The monoisotopic (exact) mass is 886 g/mol. The molecule has 0 amide bonds. The number of aromatic nitrogens is 2. The van der Waals surface area contributed by atoms with Gasteiger partial charge in [0, 0.05) is 69.9 Å². The molecule has 9 nitrogen and oxygen atoms in total. The number of fused-ring (bicyclic) bond motifs is 7. The number of ether oxygens (including phenoxy) is 2. The Morgan fingerprint density at radius 2 is 1.60 bits per heavy atom. The van der Waals surface area contributed by atoms with Gasteiger partial charge in [-0.15, -0.1) is 5.76 Å². The lowest BCUT2D eigenvalue weighted by Gasteiger charge is -2.26. The van der Waals surface area contributed by atoms with Gasteiger partial charge in [-0.1, -0.05) is 105 Å². The molecule has 1 aliphatic carbocycles. The molecular weight excluding hydrogens is 809 g/mol. The van der Waals surface area contributed by atoms with Crippen molar-refractivity contribution < 1.29 is 24.2 Å². The van der Waals surface area contributed by atoms with E-state index in [1.807, 2.05) is 32.2 Å². The number of methoxy groups -OCH3 is 1. The molecule has 352 valence electrons. The lowest BCUT2D eigenvalue weighted by atomic mass is 9.84. The molecular formula is C56H77N4O5-. The van der Waals surface area contributed by atoms with Crippen molar-refractivity contribution in [2.45, 2.75) is 146 Å². The molecule has 2 N–H and O–H groups in total. The van der Waals surface area contributed by atoms with Crippen LogP contribution in [0.25, 0.3) is 24.3 Å². The third-order valence-electron chi connectivity index (χ3n) is 14.9. The van der Waals surface area contributed by atoms with Crippen molar-refractivity contribution in [3.63, 3.8) is 0 Å². The van der Waals surface area contributed by atoms with Gasteiger partial charge in [0.25, 0.3) is 0 Å². The van der Waals surface area contributed by atoms with Gasteiger partial charge in [0.2, 0.25) is 0 Å². The molecule has 0 radical (unpaired) electrons. The van der Waals surface area contributed by atoms with Crippen molar-refractivity contribution in [1.82, 2.24) is 14.9 Å². The van der Waals surface area contributed by atoms with E-state index in [2.05, 4.69) is 95.9 Å². The summed E-state index contributed by atoms with van der Waals surface area (Å²) in [4.78, 5) is 41.9. The van der Waals surface area contributed by atoms with Crippen LogP contribution >= 0.6 is 0 Å². The highest BCUT2D eigenvalue weighted by Crippen LogP contribution is 2.51. The predicted molar refractivity (Wildman–Crippen MR) is 265 cm³/mol. The minimum atomic E-state index is -1.17. The van der Waals surface area contributed by atoms with Crippen molar-refractivity contribution in [3.8, 4) is 0 Å². The lowest BCUT2D eigenvalue weighted by molar-refractivity contribution is -0.311. The van der Waals surface area contributed by atoms with Gasteiger partial charge in [0.1, 0.15) is 6.61 Å². The molecule has 0 saturated carbocycles. The summed E-state index contributed by atoms with van der Waals surface area (Å²) >= 11 is 0. The molecule has 65 heavy (non-hydrogen) atoms. The number of H-pyrrole nitrogens is 2. The lowest BCUT2D eigenvalue weighted by Crippen LogP contribution is -2.28. The van der Waals surface area contributed by atoms with Crippen LogP contribution in [0, 0.1) is 49.4 Å². The highest BCUT2D eigenvalue weighted by Gasteiger charge is 2.47. The number of carbonyl (C=O) groups is 2. The average molecular weight is 886 g/mol. The molecule has 5 atom stereocenters. The minimum Gasteiger partial charge on any atom is -0.874 e. The fourth-order valence-electron chi connectivity index (χ4n) is 10.8. The van der Waals surface area contributed by atoms with Gasteiger partial charge in [-0.3, -0.25) is 9.59 Å². The topological polar surface area (TPSA) is 123 Å². The standard InChI is InChI=1S/C56H78N4O5/c1-14-40-36(8)43-29-46-41(15-2)37(9)45(58-46)31-48-38(10)42(25-26-49(61)65-28-27-35(7)24-18-23-34(6)22-17-21-33(5)20-16-19-32(3)4)54(60(48)12)51-52(56(63)64-13)55(62)50-39(11)44(59-53(50)51)30-47(40)57-43/h15,27,29-34,38,42,52,57-58,62H,2,14,16-26,28H2,1,3-13H3/p-1/b35-27+,43-29-,47-30-,48-31-,54-51?/t33-,34-,38+,42+,52-/m1/s1. The smallest absolute Gasteiger partial charge is 0.316 e. The van der Waals surface area contributed by atoms with E-state index < -0.39 is 11.9 Å². The SMILES string of the molecule is C=Cc1c2[nH]c(c1C)/C=C1/[C@@H](C)[C@H](CCC(=O)OC/C=C(\C)CCC[C@H](C)CCC[C@H](C)CCCC(C)C)C(=C3C4=NC(=C(C)C4=C([O-])[C@@H]3C(=O)OC)/C=c3\[nH]/c(c(C)c3CC)=C\2)N1C. The van der Waals surface area contributed by atoms with E-state index in [1.54, 1.807) is 0 Å². The number of rotatable bonds is 20. The molecule has 5 heterocycles. The largest absolute Gasteiger partial charge is 0.874 e. The first kappa shape index (κ1) is 49.4. The molecule has 9 heteroatoms. The van der Waals surface area contributed by atoms with Crippen LogP contribution in [0.15, 0.2) is 62.8 Å². The van der Waals surface area contributed by atoms with Crippen LogP contribution in [-0.2, 0) is 25.5 Å². The molecule has 2 aromatic heterocycles. The third-order valence-corrected chi connectivity index (χ3v) is 14.9. The van der Waals surface area contributed by atoms with Crippen LogP contribution in [0.1, 0.15) is 160 Å². The van der Waals surface area contributed by atoms with Crippen LogP contribution in [0.5, 0.6) is 0 Å². The van der Waals surface area contributed by atoms with E-state index in [4.69, 9.17) is 14.5 Å². The van der Waals surface area contributed by atoms with Gasteiger partial charge in [-0.25, -0.2) is 4.99 Å². The zero-order valence-corrected chi connectivity index (χ0v) is 41.7. The third kappa shape index (κ3) is 10.7. The normalized spacial score (nSPS) is 22.1. The van der Waals surface area contributed by atoms with Crippen LogP contribution in [-0.4, -0.2) is 53.3 Å². The molecule has 2 aromatic rings. The van der Waals surface area contributed by atoms with Crippen LogP contribution in [0.2, 0.25) is 0 Å². The van der Waals surface area contributed by atoms with Gasteiger partial charge in [0.15, 0.2) is 0 Å². The molecule has 0 aromatic carbocycles. The first-order chi connectivity index (χ1) is 31.0. The van der Waals surface area contributed by atoms with E-state index in [0.717, 1.165) is 92.8 Å². The highest BCUT2D eigenvalue weighted by molar-refractivity contribution is 6.24.